The van der Waals surface area contributed by atoms with E-state index in [1.165, 1.54) is 0 Å². The van der Waals surface area contributed by atoms with Gasteiger partial charge in [-0.3, -0.25) is 4.79 Å². The average Bonchev–Trinajstić information content (AvgIpc) is 2.95. The predicted molar refractivity (Wildman–Crippen MR) is 84.2 cm³/mol. The van der Waals surface area contributed by atoms with Gasteiger partial charge in [0.05, 0.1) is 13.0 Å². The van der Waals surface area contributed by atoms with Crippen molar-refractivity contribution in [2.24, 2.45) is 17.6 Å². The third-order valence-electron chi connectivity index (χ3n) is 3.83. The molecule has 0 saturated carbocycles. The van der Waals surface area contributed by atoms with Crippen LogP contribution in [-0.2, 0) is 11.2 Å². The first-order chi connectivity index (χ1) is 10.1. The molecule has 1 atom stereocenters. The SMILES string of the molecule is CC(C)COc1ccc(CC(=O)N2CCC(CN)C2)cc1. The molecule has 4 nitrogen and oxygen atoms in total. The lowest BCUT2D eigenvalue weighted by atomic mass is 10.1. The Morgan fingerprint density at radius 3 is 2.67 bits per heavy atom. The van der Waals surface area contributed by atoms with Crippen LogP contribution in [0.4, 0.5) is 0 Å². The Balaban J connectivity index is 1.84. The van der Waals surface area contributed by atoms with E-state index in [1.54, 1.807) is 0 Å². The quantitative estimate of drug-likeness (QED) is 0.872. The van der Waals surface area contributed by atoms with Gasteiger partial charge in [-0.25, -0.2) is 0 Å². The van der Waals surface area contributed by atoms with Gasteiger partial charge in [-0.05, 0) is 42.5 Å². The molecule has 2 rings (SSSR count). The van der Waals surface area contributed by atoms with Crippen LogP contribution in [0.3, 0.4) is 0 Å². The first-order valence-electron chi connectivity index (χ1n) is 7.78. The second kappa shape index (κ2) is 7.46. The second-order valence-electron chi connectivity index (χ2n) is 6.26. The van der Waals surface area contributed by atoms with Crippen molar-refractivity contribution in [2.45, 2.75) is 26.7 Å². The lowest BCUT2D eigenvalue weighted by Gasteiger charge is -2.16. The van der Waals surface area contributed by atoms with Gasteiger partial charge in [0.15, 0.2) is 0 Å². The largest absolute Gasteiger partial charge is 0.493 e. The van der Waals surface area contributed by atoms with Crippen molar-refractivity contribution in [2.75, 3.05) is 26.2 Å². The number of nitrogens with two attached hydrogens (primary N) is 1. The number of likely N-dealkylation sites (tertiary alicyclic amines) is 1. The van der Waals surface area contributed by atoms with Crippen LogP contribution in [0.2, 0.25) is 0 Å². The highest BCUT2D eigenvalue weighted by atomic mass is 16.5. The molecule has 116 valence electrons. The van der Waals surface area contributed by atoms with Crippen molar-refractivity contribution in [3.05, 3.63) is 29.8 Å². The molecule has 1 fully saturated rings. The first-order valence-corrected chi connectivity index (χ1v) is 7.78. The van der Waals surface area contributed by atoms with Crippen molar-refractivity contribution >= 4 is 5.91 Å². The summed E-state index contributed by atoms with van der Waals surface area (Å²) in [7, 11) is 0. The van der Waals surface area contributed by atoms with Gasteiger partial charge in [0, 0.05) is 13.1 Å². The number of hydrogen-bond donors (Lipinski definition) is 1. The summed E-state index contributed by atoms with van der Waals surface area (Å²) in [5.41, 5.74) is 6.70. The second-order valence-corrected chi connectivity index (χ2v) is 6.26. The fourth-order valence-corrected chi connectivity index (χ4v) is 2.50. The number of carbonyl (C=O) groups is 1. The summed E-state index contributed by atoms with van der Waals surface area (Å²) in [5.74, 6) is 2.05. The van der Waals surface area contributed by atoms with Crippen LogP contribution in [0.15, 0.2) is 24.3 Å². The molecule has 4 heteroatoms. The van der Waals surface area contributed by atoms with Gasteiger partial charge in [-0.1, -0.05) is 26.0 Å². The van der Waals surface area contributed by atoms with Gasteiger partial charge < -0.3 is 15.4 Å². The Bertz CT molecular complexity index is 456. The van der Waals surface area contributed by atoms with E-state index in [9.17, 15) is 4.79 Å². The van der Waals surface area contributed by atoms with Crippen molar-refractivity contribution in [1.29, 1.82) is 0 Å². The van der Waals surface area contributed by atoms with Gasteiger partial charge in [-0.2, -0.15) is 0 Å². The van der Waals surface area contributed by atoms with Gasteiger partial charge >= 0.3 is 0 Å². The standard InChI is InChI=1S/C17H26N2O2/c1-13(2)12-21-16-5-3-14(4-6-16)9-17(20)19-8-7-15(10-18)11-19/h3-6,13,15H,7-12,18H2,1-2H3. The van der Waals surface area contributed by atoms with E-state index in [0.29, 0.717) is 31.4 Å². The van der Waals surface area contributed by atoms with E-state index < -0.39 is 0 Å². The fourth-order valence-electron chi connectivity index (χ4n) is 2.50. The molecule has 0 radical (unpaired) electrons. The fraction of sp³-hybridized carbons (Fsp3) is 0.588. The number of ether oxygens (including phenoxy) is 1. The van der Waals surface area contributed by atoms with E-state index in [2.05, 4.69) is 13.8 Å². The number of rotatable bonds is 6. The molecule has 1 amide bonds. The summed E-state index contributed by atoms with van der Waals surface area (Å²) in [6.45, 7) is 7.29. The van der Waals surface area contributed by atoms with Crippen LogP contribution in [0.5, 0.6) is 5.75 Å². The molecule has 0 bridgehead atoms. The minimum Gasteiger partial charge on any atom is -0.493 e. The minimum absolute atomic E-state index is 0.196. The Hall–Kier alpha value is -1.55. The summed E-state index contributed by atoms with van der Waals surface area (Å²) in [6, 6.07) is 7.84. The summed E-state index contributed by atoms with van der Waals surface area (Å²) in [4.78, 5) is 14.2. The lowest BCUT2D eigenvalue weighted by molar-refractivity contribution is -0.129. The summed E-state index contributed by atoms with van der Waals surface area (Å²) in [5, 5.41) is 0. The number of carbonyl (C=O) groups excluding carboxylic acids is 1. The van der Waals surface area contributed by atoms with Gasteiger partial charge in [0.1, 0.15) is 5.75 Å². The highest BCUT2D eigenvalue weighted by Gasteiger charge is 2.24. The van der Waals surface area contributed by atoms with E-state index >= 15 is 0 Å². The monoisotopic (exact) mass is 290 g/mol. The van der Waals surface area contributed by atoms with Crippen molar-refractivity contribution in [3.63, 3.8) is 0 Å². The normalized spacial score (nSPS) is 18.3. The molecule has 0 spiro atoms. The van der Waals surface area contributed by atoms with Crippen molar-refractivity contribution in [1.82, 2.24) is 4.90 Å². The van der Waals surface area contributed by atoms with Crippen molar-refractivity contribution in [3.8, 4) is 5.75 Å². The highest BCUT2D eigenvalue weighted by molar-refractivity contribution is 5.79. The highest BCUT2D eigenvalue weighted by Crippen LogP contribution is 2.18. The zero-order valence-electron chi connectivity index (χ0n) is 13.0. The molecular weight excluding hydrogens is 264 g/mol. The molecule has 0 aromatic heterocycles. The zero-order chi connectivity index (χ0) is 15.2. The predicted octanol–water partition coefficient (Wildman–Crippen LogP) is 2.07. The van der Waals surface area contributed by atoms with E-state index in [-0.39, 0.29) is 5.91 Å². The molecule has 0 aliphatic carbocycles. The molecule has 1 heterocycles. The Labute approximate surface area is 127 Å². The maximum absolute atomic E-state index is 12.2. The molecular formula is C17H26N2O2. The molecule has 21 heavy (non-hydrogen) atoms. The average molecular weight is 290 g/mol. The number of benzene rings is 1. The van der Waals surface area contributed by atoms with Crippen LogP contribution in [-0.4, -0.2) is 37.0 Å². The minimum atomic E-state index is 0.196. The maximum atomic E-state index is 12.2. The van der Waals surface area contributed by atoms with Crippen LogP contribution in [0.25, 0.3) is 0 Å². The molecule has 2 N–H and O–H groups in total. The Kier molecular flexibility index (Phi) is 5.62. The van der Waals surface area contributed by atoms with Gasteiger partial charge in [0.25, 0.3) is 0 Å². The molecule has 1 saturated heterocycles. The maximum Gasteiger partial charge on any atom is 0.226 e. The molecule has 1 aliphatic heterocycles. The van der Waals surface area contributed by atoms with Gasteiger partial charge in [0.2, 0.25) is 5.91 Å². The number of amides is 1. The smallest absolute Gasteiger partial charge is 0.226 e. The Morgan fingerprint density at radius 2 is 2.10 bits per heavy atom. The molecule has 1 unspecified atom stereocenters. The molecule has 1 aromatic rings. The summed E-state index contributed by atoms with van der Waals surface area (Å²) >= 11 is 0. The first kappa shape index (κ1) is 15.8. The van der Waals surface area contributed by atoms with E-state index in [1.807, 2.05) is 29.2 Å². The number of hydrogen-bond acceptors (Lipinski definition) is 3. The van der Waals surface area contributed by atoms with Crippen LogP contribution >= 0.6 is 0 Å². The lowest BCUT2D eigenvalue weighted by Crippen LogP contribution is -2.31. The van der Waals surface area contributed by atoms with E-state index in [4.69, 9.17) is 10.5 Å². The van der Waals surface area contributed by atoms with Crippen LogP contribution in [0.1, 0.15) is 25.8 Å². The topological polar surface area (TPSA) is 55.6 Å². The number of nitrogens with zero attached hydrogens (tertiary/aromatic N) is 1. The summed E-state index contributed by atoms with van der Waals surface area (Å²) in [6.07, 6.45) is 1.49. The summed E-state index contributed by atoms with van der Waals surface area (Å²) < 4.78 is 5.65. The van der Waals surface area contributed by atoms with Crippen LogP contribution in [0, 0.1) is 11.8 Å². The van der Waals surface area contributed by atoms with Gasteiger partial charge in [-0.15, -0.1) is 0 Å². The molecule has 1 aliphatic rings. The molecule has 1 aromatic carbocycles. The third-order valence-corrected chi connectivity index (χ3v) is 3.83. The third kappa shape index (κ3) is 4.74. The van der Waals surface area contributed by atoms with Crippen molar-refractivity contribution < 1.29 is 9.53 Å². The van der Waals surface area contributed by atoms with E-state index in [0.717, 1.165) is 30.8 Å². The zero-order valence-corrected chi connectivity index (χ0v) is 13.0. The van der Waals surface area contributed by atoms with Crippen LogP contribution < -0.4 is 10.5 Å². The Morgan fingerprint density at radius 1 is 1.38 bits per heavy atom.